The van der Waals surface area contributed by atoms with E-state index in [1.807, 2.05) is 11.0 Å². The first kappa shape index (κ1) is 19.4. The van der Waals surface area contributed by atoms with Crippen molar-refractivity contribution in [3.63, 3.8) is 0 Å². The molecule has 0 amide bonds. The molecule has 30 heavy (non-hydrogen) atoms. The summed E-state index contributed by atoms with van der Waals surface area (Å²) < 4.78 is 24.3. The topological polar surface area (TPSA) is 64.5 Å². The third-order valence-electron chi connectivity index (χ3n) is 4.40. The molecule has 1 aliphatic heterocycles. The molecule has 150 valence electrons. The Kier molecular flexibility index (Phi) is 5.57. The van der Waals surface area contributed by atoms with Crippen LogP contribution in [-0.2, 0) is 4.79 Å². The van der Waals surface area contributed by atoms with Crippen molar-refractivity contribution in [2.24, 2.45) is 0 Å². The summed E-state index contributed by atoms with van der Waals surface area (Å²) in [5.74, 6) is 6.69. The van der Waals surface area contributed by atoms with Crippen LogP contribution < -0.4 is 14.4 Å². The van der Waals surface area contributed by atoms with E-state index < -0.39 is 0 Å². The number of aromatic nitrogens is 2. The average molecular weight is 403 g/mol. The van der Waals surface area contributed by atoms with Crippen molar-refractivity contribution in [3.8, 4) is 23.3 Å². The maximum absolute atomic E-state index is 13.6. The molecule has 0 spiro atoms. The average Bonchev–Trinajstić information content (AvgIpc) is 2.71. The van der Waals surface area contributed by atoms with E-state index in [0.717, 1.165) is 11.4 Å². The smallest absolute Gasteiger partial charge is 0.308 e. The number of esters is 1. The van der Waals surface area contributed by atoms with Gasteiger partial charge in [0.2, 0.25) is 0 Å². The van der Waals surface area contributed by atoms with E-state index in [1.54, 1.807) is 48.5 Å². The number of carbonyl (C=O) groups is 1. The van der Waals surface area contributed by atoms with E-state index in [-0.39, 0.29) is 23.6 Å². The zero-order valence-corrected chi connectivity index (χ0v) is 16.2. The Hall–Kier alpha value is -3.92. The van der Waals surface area contributed by atoms with E-state index in [2.05, 4.69) is 22.0 Å². The molecule has 4 rings (SSSR count). The minimum atomic E-state index is -0.364. The SMILES string of the molecule is CC(=O)Oc1ccc(C#Cc2ccc(N3CC(Oc4ccccc4F)C3)nn2)cc1. The number of nitrogens with zero attached hydrogens (tertiary/aromatic N) is 3. The monoisotopic (exact) mass is 403 g/mol. The summed E-state index contributed by atoms with van der Waals surface area (Å²) in [6, 6.07) is 16.9. The summed E-state index contributed by atoms with van der Waals surface area (Å²) in [6.07, 6.45) is -0.0851. The molecule has 6 nitrogen and oxygen atoms in total. The van der Waals surface area contributed by atoms with Crippen molar-refractivity contribution in [1.29, 1.82) is 0 Å². The number of anilines is 1. The van der Waals surface area contributed by atoms with Crippen molar-refractivity contribution < 1.29 is 18.7 Å². The Morgan fingerprint density at radius 3 is 2.47 bits per heavy atom. The van der Waals surface area contributed by atoms with Gasteiger partial charge in [-0.2, -0.15) is 0 Å². The van der Waals surface area contributed by atoms with Crippen LogP contribution in [0.25, 0.3) is 0 Å². The second kappa shape index (κ2) is 8.62. The predicted octanol–water partition coefficient (Wildman–Crippen LogP) is 3.21. The summed E-state index contributed by atoms with van der Waals surface area (Å²) in [4.78, 5) is 12.9. The number of para-hydroxylation sites is 1. The van der Waals surface area contributed by atoms with Crippen molar-refractivity contribution in [2.45, 2.75) is 13.0 Å². The molecule has 2 aromatic carbocycles. The van der Waals surface area contributed by atoms with Gasteiger partial charge in [-0.3, -0.25) is 4.79 Å². The van der Waals surface area contributed by atoms with Crippen LogP contribution in [0, 0.1) is 17.7 Å². The Labute approximate surface area is 173 Å². The van der Waals surface area contributed by atoms with E-state index in [4.69, 9.17) is 9.47 Å². The fourth-order valence-corrected chi connectivity index (χ4v) is 2.89. The quantitative estimate of drug-likeness (QED) is 0.379. The Morgan fingerprint density at radius 2 is 1.80 bits per heavy atom. The van der Waals surface area contributed by atoms with Gasteiger partial charge >= 0.3 is 5.97 Å². The fraction of sp³-hybridized carbons (Fsp3) is 0.174. The molecule has 3 aromatic rings. The highest BCUT2D eigenvalue weighted by Gasteiger charge is 2.30. The normalized spacial score (nSPS) is 13.1. The van der Waals surface area contributed by atoms with Gasteiger partial charge < -0.3 is 14.4 Å². The van der Waals surface area contributed by atoms with Gasteiger partial charge in [0.1, 0.15) is 17.5 Å². The van der Waals surface area contributed by atoms with Crippen molar-refractivity contribution in [3.05, 3.63) is 77.7 Å². The first-order valence-electron chi connectivity index (χ1n) is 9.37. The Bertz CT molecular complexity index is 1100. The third kappa shape index (κ3) is 4.73. The molecule has 0 unspecified atom stereocenters. The van der Waals surface area contributed by atoms with Crippen LogP contribution in [0.1, 0.15) is 18.2 Å². The fourth-order valence-electron chi connectivity index (χ4n) is 2.89. The second-order valence-corrected chi connectivity index (χ2v) is 6.72. The number of hydrogen-bond acceptors (Lipinski definition) is 6. The van der Waals surface area contributed by atoms with Crippen LogP contribution in [-0.4, -0.2) is 35.4 Å². The van der Waals surface area contributed by atoms with Gasteiger partial charge in [0.15, 0.2) is 17.4 Å². The molecule has 1 aliphatic rings. The van der Waals surface area contributed by atoms with Crippen LogP contribution in [0.15, 0.2) is 60.7 Å². The summed E-state index contributed by atoms with van der Waals surface area (Å²) in [6.45, 7) is 2.58. The molecule has 1 fully saturated rings. The number of carbonyl (C=O) groups excluding carboxylic acids is 1. The maximum Gasteiger partial charge on any atom is 0.308 e. The molecule has 0 aliphatic carbocycles. The summed E-state index contributed by atoms with van der Waals surface area (Å²) >= 11 is 0. The summed E-state index contributed by atoms with van der Waals surface area (Å²) in [5.41, 5.74) is 1.31. The lowest BCUT2D eigenvalue weighted by atomic mass is 10.1. The Morgan fingerprint density at radius 1 is 1.03 bits per heavy atom. The lowest BCUT2D eigenvalue weighted by Crippen LogP contribution is -2.54. The van der Waals surface area contributed by atoms with Gasteiger partial charge in [-0.1, -0.05) is 18.1 Å². The molecular weight excluding hydrogens is 385 g/mol. The van der Waals surface area contributed by atoms with Gasteiger partial charge in [0.05, 0.1) is 13.1 Å². The van der Waals surface area contributed by atoms with Crippen molar-refractivity contribution in [2.75, 3.05) is 18.0 Å². The first-order valence-corrected chi connectivity index (χ1v) is 9.37. The van der Waals surface area contributed by atoms with Crippen molar-refractivity contribution >= 4 is 11.8 Å². The molecule has 1 aromatic heterocycles. The van der Waals surface area contributed by atoms with E-state index in [1.165, 1.54) is 13.0 Å². The maximum atomic E-state index is 13.6. The zero-order valence-electron chi connectivity index (χ0n) is 16.2. The zero-order chi connectivity index (χ0) is 20.9. The van der Waals surface area contributed by atoms with Gasteiger partial charge in [-0.05, 0) is 54.5 Å². The number of hydrogen-bond donors (Lipinski definition) is 0. The largest absolute Gasteiger partial charge is 0.484 e. The highest BCUT2D eigenvalue weighted by atomic mass is 19.1. The van der Waals surface area contributed by atoms with Gasteiger partial charge in [0, 0.05) is 12.5 Å². The number of halogens is 1. The lowest BCUT2D eigenvalue weighted by Gasteiger charge is -2.39. The van der Waals surface area contributed by atoms with Crippen molar-refractivity contribution in [1.82, 2.24) is 10.2 Å². The van der Waals surface area contributed by atoms with Crippen LogP contribution in [0.2, 0.25) is 0 Å². The molecular formula is C23H18FN3O3. The second-order valence-electron chi connectivity index (χ2n) is 6.72. The number of benzene rings is 2. The molecule has 7 heteroatoms. The van der Waals surface area contributed by atoms with Crippen LogP contribution in [0.5, 0.6) is 11.5 Å². The van der Waals surface area contributed by atoms with Gasteiger partial charge in [0.25, 0.3) is 0 Å². The van der Waals surface area contributed by atoms with E-state index >= 15 is 0 Å². The molecule has 0 radical (unpaired) electrons. The van der Waals surface area contributed by atoms with Gasteiger partial charge in [-0.25, -0.2) is 4.39 Å². The molecule has 2 heterocycles. The van der Waals surface area contributed by atoms with E-state index in [0.29, 0.717) is 24.5 Å². The molecule has 0 N–H and O–H groups in total. The summed E-state index contributed by atoms with van der Waals surface area (Å²) in [7, 11) is 0. The number of ether oxygens (including phenoxy) is 2. The minimum Gasteiger partial charge on any atom is -0.484 e. The highest BCUT2D eigenvalue weighted by Crippen LogP contribution is 2.24. The highest BCUT2D eigenvalue weighted by molar-refractivity contribution is 5.69. The Balaban J connectivity index is 1.32. The van der Waals surface area contributed by atoms with Gasteiger partial charge in [-0.15, -0.1) is 10.2 Å². The molecule has 0 atom stereocenters. The molecule has 0 bridgehead atoms. The first-order chi connectivity index (χ1) is 14.6. The third-order valence-corrected chi connectivity index (χ3v) is 4.40. The van der Waals surface area contributed by atoms with E-state index in [9.17, 15) is 9.18 Å². The molecule has 0 saturated carbocycles. The van der Waals surface area contributed by atoms with Crippen LogP contribution >= 0.6 is 0 Å². The molecule has 1 saturated heterocycles. The predicted molar refractivity (Wildman–Crippen MR) is 109 cm³/mol. The lowest BCUT2D eigenvalue weighted by molar-refractivity contribution is -0.131. The standard InChI is InChI=1S/C23H18FN3O3/c1-16(28)29-19-11-7-17(8-12-19)6-9-18-10-13-23(26-25-18)27-14-20(15-27)30-22-5-3-2-4-21(22)24/h2-5,7-8,10-13,20H,14-15H2,1H3. The number of rotatable bonds is 4. The van der Waals surface area contributed by atoms with Crippen LogP contribution in [0.4, 0.5) is 10.2 Å². The van der Waals surface area contributed by atoms with Crippen LogP contribution in [0.3, 0.4) is 0 Å². The minimum absolute atomic E-state index is 0.0851. The summed E-state index contributed by atoms with van der Waals surface area (Å²) in [5, 5.41) is 8.35.